The summed E-state index contributed by atoms with van der Waals surface area (Å²) in [6.45, 7) is 3.93. The Kier molecular flexibility index (Phi) is 4.87. The van der Waals surface area contributed by atoms with Gasteiger partial charge in [-0.1, -0.05) is 12.8 Å². The normalized spacial score (nSPS) is 16.3. The SMILES string of the molecule is Cc1cc(C[C@@H](C)NC(=O)Nc2cc(C3CCCC3)nn2C)n[nH]1. The van der Waals surface area contributed by atoms with E-state index in [4.69, 9.17) is 0 Å². The quantitative estimate of drug-likeness (QED) is 0.787. The van der Waals surface area contributed by atoms with Crippen molar-refractivity contribution in [2.24, 2.45) is 7.05 Å². The Morgan fingerprint density at radius 1 is 1.42 bits per heavy atom. The number of anilines is 1. The van der Waals surface area contributed by atoms with Gasteiger partial charge < -0.3 is 5.32 Å². The standard InChI is InChI=1S/C17H26N6O/c1-11(8-14-9-12(2)20-21-14)18-17(24)19-16-10-15(22-23(16)3)13-6-4-5-7-13/h9-11,13H,4-8H2,1-3H3,(H,20,21)(H2,18,19,24)/t11-/m1/s1. The lowest BCUT2D eigenvalue weighted by Crippen LogP contribution is -2.37. The first-order valence-electron chi connectivity index (χ1n) is 8.63. The molecule has 24 heavy (non-hydrogen) atoms. The van der Waals surface area contributed by atoms with Crippen molar-refractivity contribution in [3.05, 3.63) is 29.2 Å². The van der Waals surface area contributed by atoms with Gasteiger partial charge in [0, 0.05) is 37.2 Å². The van der Waals surface area contributed by atoms with Gasteiger partial charge in [-0.25, -0.2) is 4.79 Å². The van der Waals surface area contributed by atoms with E-state index in [0.29, 0.717) is 12.3 Å². The molecule has 1 fully saturated rings. The topological polar surface area (TPSA) is 87.6 Å². The first-order chi connectivity index (χ1) is 11.5. The van der Waals surface area contributed by atoms with Crippen LogP contribution in [-0.2, 0) is 13.5 Å². The van der Waals surface area contributed by atoms with Crippen LogP contribution >= 0.6 is 0 Å². The molecule has 130 valence electrons. The average Bonchev–Trinajstić information content (AvgIpc) is 3.22. The van der Waals surface area contributed by atoms with Crippen molar-refractivity contribution < 1.29 is 4.79 Å². The van der Waals surface area contributed by atoms with Gasteiger partial charge in [-0.05, 0) is 32.8 Å². The lowest BCUT2D eigenvalue weighted by Gasteiger charge is -2.13. The Morgan fingerprint density at radius 3 is 2.83 bits per heavy atom. The minimum atomic E-state index is -0.212. The predicted octanol–water partition coefficient (Wildman–Crippen LogP) is 2.86. The molecule has 2 aromatic heterocycles. The van der Waals surface area contributed by atoms with Crippen LogP contribution in [0.5, 0.6) is 0 Å². The van der Waals surface area contributed by atoms with Crippen molar-refractivity contribution >= 4 is 11.8 Å². The van der Waals surface area contributed by atoms with Crippen molar-refractivity contribution in [1.82, 2.24) is 25.3 Å². The summed E-state index contributed by atoms with van der Waals surface area (Å²) in [7, 11) is 1.87. The highest BCUT2D eigenvalue weighted by Gasteiger charge is 2.21. The number of amides is 2. The van der Waals surface area contributed by atoms with E-state index in [0.717, 1.165) is 22.9 Å². The molecule has 0 saturated heterocycles. The Bertz CT molecular complexity index is 698. The molecule has 1 atom stereocenters. The molecule has 0 bridgehead atoms. The molecule has 7 nitrogen and oxygen atoms in total. The number of nitrogens with one attached hydrogen (secondary N) is 3. The van der Waals surface area contributed by atoms with Gasteiger partial charge in [0.1, 0.15) is 5.82 Å². The van der Waals surface area contributed by atoms with E-state index in [2.05, 4.69) is 25.9 Å². The average molecular weight is 330 g/mol. The number of rotatable bonds is 5. The maximum absolute atomic E-state index is 12.2. The molecule has 1 aliphatic rings. The molecule has 0 spiro atoms. The van der Waals surface area contributed by atoms with Crippen LogP contribution in [-0.4, -0.2) is 32.1 Å². The summed E-state index contributed by atoms with van der Waals surface area (Å²) < 4.78 is 1.75. The van der Waals surface area contributed by atoms with Crippen molar-refractivity contribution in [2.45, 2.75) is 57.9 Å². The van der Waals surface area contributed by atoms with Crippen LogP contribution in [0.2, 0.25) is 0 Å². The zero-order chi connectivity index (χ0) is 17.1. The minimum Gasteiger partial charge on any atom is -0.335 e. The zero-order valence-electron chi connectivity index (χ0n) is 14.6. The maximum atomic E-state index is 12.2. The molecule has 1 aliphatic carbocycles. The minimum absolute atomic E-state index is 0.00442. The van der Waals surface area contributed by atoms with Gasteiger partial charge in [-0.2, -0.15) is 10.2 Å². The van der Waals surface area contributed by atoms with Crippen molar-refractivity contribution in [3.63, 3.8) is 0 Å². The summed E-state index contributed by atoms with van der Waals surface area (Å²) in [5, 5.41) is 17.5. The fraction of sp³-hybridized carbons (Fsp3) is 0.588. The number of nitrogens with zero attached hydrogens (tertiary/aromatic N) is 3. The molecule has 3 N–H and O–H groups in total. The molecule has 0 unspecified atom stereocenters. The van der Waals surface area contributed by atoms with Crippen LogP contribution in [0.15, 0.2) is 12.1 Å². The second-order valence-corrected chi connectivity index (χ2v) is 6.81. The Hall–Kier alpha value is -2.31. The number of aryl methyl sites for hydroxylation is 2. The van der Waals surface area contributed by atoms with Gasteiger partial charge in [0.15, 0.2) is 0 Å². The van der Waals surface area contributed by atoms with E-state index < -0.39 is 0 Å². The first kappa shape index (κ1) is 16.5. The summed E-state index contributed by atoms with van der Waals surface area (Å²) in [5.41, 5.74) is 3.06. The van der Waals surface area contributed by atoms with E-state index in [1.165, 1.54) is 25.7 Å². The zero-order valence-corrected chi connectivity index (χ0v) is 14.6. The third kappa shape index (κ3) is 3.96. The molecule has 0 radical (unpaired) electrons. The molecule has 3 rings (SSSR count). The van der Waals surface area contributed by atoms with Crippen LogP contribution < -0.4 is 10.6 Å². The summed E-state index contributed by atoms with van der Waals surface area (Å²) >= 11 is 0. The Balaban J connectivity index is 1.54. The highest BCUT2D eigenvalue weighted by molar-refractivity contribution is 5.88. The van der Waals surface area contributed by atoms with Crippen LogP contribution in [0.3, 0.4) is 0 Å². The van der Waals surface area contributed by atoms with Crippen LogP contribution in [0.1, 0.15) is 55.6 Å². The number of aromatic nitrogens is 4. The van der Waals surface area contributed by atoms with Gasteiger partial charge in [0.25, 0.3) is 0 Å². The van der Waals surface area contributed by atoms with Gasteiger partial charge in [0.2, 0.25) is 0 Å². The second-order valence-electron chi connectivity index (χ2n) is 6.81. The van der Waals surface area contributed by atoms with E-state index in [9.17, 15) is 4.79 Å². The summed E-state index contributed by atoms with van der Waals surface area (Å²) in [6.07, 6.45) is 5.63. The Morgan fingerprint density at radius 2 is 2.17 bits per heavy atom. The molecular formula is C17H26N6O. The molecular weight excluding hydrogens is 304 g/mol. The fourth-order valence-corrected chi connectivity index (χ4v) is 3.35. The third-order valence-electron chi connectivity index (χ3n) is 4.57. The molecule has 0 aromatic carbocycles. The third-order valence-corrected chi connectivity index (χ3v) is 4.57. The number of carbonyl (C=O) groups is 1. The van der Waals surface area contributed by atoms with Crippen LogP contribution in [0.25, 0.3) is 0 Å². The smallest absolute Gasteiger partial charge is 0.320 e. The van der Waals surface area contributed by atoms with E-state index in [-0.39, 0.29) is 12.1 Å². The first-order valence-corrected chi connectivity index (χ1v) is 8.63. The number of hydrogen-bond donors (Lipinski definition) is 3. The molecule has 1 saturated carbocycles. The number of hydrogen-bond acceptors (Lipinski definition) is 3. The van der Waals surface area contributed by atoms with Gasteiger partial charge >= 0.3 is 6.03 Å². The predicted molar refractivity (Wildman–Crippen MR) is 93.1 cm³/mol. The van der Waals surface area contributed by atoms with Gasteiger partial charge in [-0.15, -0.1) is 0 Å². The molecule has 2 amide bonds. The van der Waals surface area contributed by atoms with E-state index in [1.54, 1.807) is 4.68 Å². The van der Waals surface area contributed by atoms with E-state index >= 15 is 0 Å². The number of aromatic amines is 1. The maximum Gasteiger partial charge on any atom is 0.320 e. The number of H-pyrrole nitrogens is 1. The monoisotopic (exact) mass is 330 g/mol. The molecule has 0 aliphatic heterocycles. The lowest BCUT2D eigenvalue weighted by molar-refractivity contribution is 0.249. The Labute approximate surface area is 142 Å². The second kappa shape index (κ2) is 7.07. The van der Waals surface area contributed by atoms with Gasteiger partial charge in [0.05, 0.1) is 11.4 Å². The van der Waals surface area contributed by atoms with Crippen LogP contribution in [0.4, 0.5) is 10.6 Å². The summed E-state index contributed by atoms with van der Waals surface area (Å²) in [5.74, 6) is 1.27. The summed E-state index contributed by atoms with van der Waals surface area (Å²) in [6, 6.07) is 3.77. The van der Waals surface area contributed by atoms with Crippen molar-refractivity contribution in [2.75, 3.05) is 5.32 Å². The summed E-state index contributed by atoms with van der Waals surface area (Å²) in [4.78, 5) is 12.2. The van der Waals surface area contributed by atoms with Crippen LogP contribution in [0, 0.1) is 6.92 Å². The molecule has 7 heteroatoms. The fourth-order valence-electron chi connectivity index (χ4n) is 3.35. The van der Waals surface area contributed by atoms with Crippen molar-refractivity contribution in [3.8, 4) is 0 Å². The molecule has 2 aromatic rings. The highest BCUT2D eigenvalue weighted by Crippen LogP contribution is 2.34. The number of carbonyl (C=O) groups excluding carboxylic acids is 1. The van der Waals surface area contributed by atoms with Crippen molar-refractivity contribution in [1.29, 1.82) is 0 Å². The lowest BCUT2D eigenvalue weighted by atomic mass is 10.0. The highest BCUT2D eigenvalue weighted by atomic mass is 16.2. The van der Waals surface area contributed by atoms with Gasteiger partial charge in [-0.3, -0.25) is 15.1 Å². The number of urea groups is 1. The van der Waals surface area contributed by atoms with E-state index in [1.807, 2.05) is 33.0 Å². The largest absolute Gasteiger partial charge is 0.335 e. The molecule has 2 heterocycles.